The Morgan fingerprint density at radius 3 is 2.75 bits per heavy atom. The highest BCUT2D eigenvalue weighted by atomic mass is 35.5. The molecule has 0 radical (unpaired) electrons. The largest absolute Gasteiger partial charge is 0.507 e. The van der Waals surface area contributed by atoms with Crippen molar-refractivity contribution in [1.82, 2.24) is 5.01 Å². The first-order valence-corrected chi connectivity index (χ1v) is 8.02. The molecule has 5 heteroatoms. The normalized spacial score (nSPS) is 17.3. The smallest absolute Gasteiger partial charge is 0.240 e. The quantitative estimate of drug-likeness (QED) is 0.915. The number of hydrazone groups is 1. The fraction of sp³-hybridized carbons (Fsp3) is 0.158. The molecule has 1 aliphatic heterocycles. The van der Waals surface area contributed by atoms with Gasteiger partial charge in [0.05, 0.1) is 11.8 Å². The number of amides is 1. The monoisotopic (exact) mass is 340 g/mol. The van der Waals surface area contributed by atoms with Gasteiger partial charge in [0.25, 0.3) is 0 Å². The molecular weight excluding hydrogens is 324 g/mol. The summed E-state index contributed by atoms with van der Waals surface area (Å²) in [6.07, 6.45) is 4.45. The molecule has 1 heterocycles. The van der Waals surface area contributed by atoms with Crippen LogP contribution in [0.5, 0.6) is 5.75 Å². The lowest BCUT2D eigenvalue weighted by Crippen LogP contribution is -2.29. The maximum absolute atomic E-state index is 11.9. The Bertz CT molecular complexity index is 815. The summed E-state index contributed by atoms with van der Waals surface area (Å²) in [6, 6.07) is 14.5. The standard InChI is InChI=1S/C19H17ClN2O2/c1-13(23)22-16(9-7-14-5-3-2-4-6-14)12-18(21-22)17-11-15(20)8-10-19(17)24/h2-11,16,24H,12H2,1H3/b9-7+/t16-/m0/s1. The summed E-state index contributed by atoms with van der Waals surface area (Å²) in [7, 11) is 0. The van der Waals surface area contributed by atoms with E-state index in [-0.39, 0.29) is 17.7 Å². The van der Waals surface area contributed by atoms with Gasteiger partial charge in [-0.05, 0) is 23.8 Å². The molecule has 2 aromatic carbocycles. The van der Waals surface area contributed by atoms with Crippen LogP contribution < -0.4 is 0 Å². The number of carbonyl (C=O) groups excluding carboxylic acids is 1. The molecule has 3 rings (SSSR count). The number of halogens is 1. The van der Waals surface area contributed by atoms with E-state index in [0.717, 1.165) is 5.56 Å². The van der Waals surface area contributed by atoms with Gasteiger partial charge in [0, 0.05) is 23.9 Å². The molecular formula is C19H17ClN2O2. The van der Waals surface area contributed by atoms with Gasteiger partial charge >= 0.3 is 0 Å². The van der Waals surface area contributed by atoms with Gasteiger partial charge in [0.15, 0.2) is 0 Å². The lowest BCUT2D eigenvalue weighted by Gasteiger charge is -2.16. The van der Waals surface area contributed by atoms with Crippen molar-refractivity contribution in [3.63, 3.8) is 0 Å². The number of hydrogen-bond acceptors (Lipinski definition) is 3. The van der Waals surface area contributed by atoms with E-state index in [0.29, 0.717) is 22.7 Å². The van der Waals surface area contributed by atoms with Crippen LogP contribution in [0.15, 0.2) is 59.7 Å². The van der Waals surface area contributed by atoms with Crippen molar-refractivity contribution in [3.05, 3.63) is 70.8 Å². The van der Waals surface area contributed by atoms with Gasteiger partial charge in [-0.15, -0.1) is 0 Å². The van der Waals surface area contributed by atoms with Crippen LogP contribution in [-0.2, 0) is 4.79 Å². The number of benzene rings is 2. The lowest BCUT2D eigenvalue weighted by atomic mass is 10.0. The molecule has 0 saturated carbocycles. The van der Waals surface area contributed by atoms with Crippen LogP contribution in [0, 0.1) is 0 Å². The summed E-state index contributed by atoms with van der Waals surface area (Å²) >= 11 is 6.01. The summed E-state index contributed by atoms with van der Waals surface area (Å²) in [6.45, 7) is 1.48. The number of phenolic OH excluding ortho intramolecular Hbond substituents is 1. The van der Waals surface area contributed by atoms with Gasteiger partial charge in [0.1, 0.15) is 5.75 Å². The first-order chi connectivity index (χ1) is 11.5. The summed E-state index contributed by atoms with van der Waals surface area (Å²) in [5.74, 6) is -0.0384. The second-order valence-electron chi connectivity index (χ2n) is 5.61. The topological polar surface area (TPSA) is 52.9 Å². The van der Waals surface area contributed by atoms with Crippen LogP contribution in [0.3, 0.4) is 0 Å². The van der Waals surface area contributed by atoms with Gasteiger partial charge in [-0.25, -0.2) is 5.01 Å². The number of nitrogens with zero attached hydrogens (tertiary/aromatic N) is 2. The molecule has 2 aromatic rings. The lowest BCUT2D eigenvalue weighted by molar-refractivity contribution is -0.129. The van der Waals surface area contributed by atoms with Gasteiger partial charge in [-0.2, -0.15) is 5.10 Å². The minimum Gasteiger partial charge on any atom is -0.507 e. The zero-order valence-corrected chi connectivity index (χ0v) is 13.9. The average Bonchev–Trinajstić information content (AvgIpc) is 3.00. The van der Waals surface area contributed by atoms with Crippen LogP contribution in [-0.4, -0.2) is 27.8 Å². The summed E-state index contributed by atoms with van der Waals surface area (Å²) < 4.78 is 0. The van der Waals surface area contributed by atoms with Crippen molar-refractivity contribution in [3.8, 4) is 5.75 Å². The minimum atomic E-state index is -0.184. The van der Waals surface area contributed by atoms with Crippen molar-refractivity contribution < 1.29 is 9.90 Å². The van der Waals surface area contributed by atoms with Crippen molar-refractivity contribution in [2.45, 2.75) is 19.4 Å². The molecule has 1 N–H and O–H groups in total. The second kappa shape index (κ2) is 6.89. The number of carbonyl (C=O) groups is 1. The highest BCUT2D eigenvalue weighted by Gasteiger charge is 2.29. The van der Waals surface area contributed by atoms with Crippen LogP contribution in [0.2, 0.25) is 5.02 Å². The second-order valence-corrected chi connectivity index (χ2v) is 6.05. The van der Waals surface area contributed by atoms with E-state index in [2.05, 4.69) is 5.10 Å². The third-order valence-corrected chi connectivity index (χ3v) is 4.08. The van der Waals surface area contributed by atoms with Crippen molar-refractivity contribution in [1.29, 1.82) is 0 Å². The zero-order valence-electron chi connectivity index (χ0n) is 13.2. The molecule has 1 atom stereocenters. The minimum absolute atomic E-state index is 0.106. The van der Waals surface area contributed by atoms with Gasteiger partial charge in [-0.1, -0.05) is 54.1 Å². The fourth-order valence-electron chi connectivity index (χ4n) is 2.67. The number of aromatic hydroxyl groups is 1. The van der Waals surface area contributed by atoms with Crippen LogP contribution in [0.25, 0.3) is 6.08 Å². The van der Waals surface area contributed by atoms with E-state index in [4.69, 9.17) is 11.6 Å². The highest BCUT2D eigenvalue weighted by molar-refractivity contribution is 6.31. The van der Waals surface area contributed by atoms with Gasteiger partial charge in [0.2, 0.25) is 5.91 Å². The molecule has 24 heavy (non-hydrogen) atoms. The van der Waals surface area contributed by atoms with E-state index in [1.54, 1.807) is 12.1 Å². The van der Waals surface area contributed by atoms with E-state index in [1.165, 1.54) is 18.0 Å². The summed E-state index contributed by atoms with van der Waals surface area (Å²) in [5.41, 5.74) is 2.26. The molecule has 1 aliphatic rings. The Morgan fingerprint density at radius 2 is 2.04 bits per heavy atom. The first-order valence-electron chi connectivity index (χ1n) is 7.64. The van der Waals surface area contributed by atoms with Crippen molar-refractivity contribution >= 4 is 29.3 Å². The predicted molar refractivity (Wildman–Crippen MR) is 96.1 cm³/mol. The fourth-order valence-corrected chi connectivity index (χ4v) is 2.84. The molecule has 1 amide bonds. The third kappa shape index (κ3) is 3.49. The molecule has 0 aliphatic carbocycles. The Labute approximate surface area is 145 Å². The number of hydrogen-bond donors (Lipinski definition) is 1. The average molecular weight is 341 g/mol. The first kappa shape index (κ1) is 16.3. The maximum Gasteiger partial charge on any atom is 0.240 e. The Morgan fingerprint density at radius 1 is 1.29 bits per heavy atom. The molecule has 4 nitrogen and oxygen atoms in total. The SMILES string of the molecule is CC(=O)N1N=C(c2cc(Cl)ccc2O)C[C@@H]1/C=C/c1ccccc1. The Balaban J connectivity index is 1.87. The molecule has 0 bridgehead atoms. The van der Waals surface area contributed by atoms with Gasteiger partial charge < -0.3 is 5.11 Å². The Kier molecular flexibility index (Phi) is 4.67. The number of phenols is 1. The van der Waals surface area contributed by atoms with Crippen LogP contribution in [0.1, 0.15) is 24.5 Å². The van der Waals surface area contributed by atoms with Crippen molar-refractivity contribution in [2.24, 2.45) is 5.10 Å². The third-order valence-electron chi connectivity index (χ3n) is 3.85. The van der Waals surface area contributed by atoms with Crippen molar-refractivity contribution in [2.75, 3.05) is 0 Å². The molecule has 122 valence electrons. The van der Waals surface area contributed by atoms with Crippen LogP contribution in [0.4, 0.5) is 0 Å². The predicted octanol–water partition coefficient (Wildman–Crippen LogP) is 4.08. The van der Waals surface area contributed by atoms with E-state index in [1.807, 2.05) is 42.5 Å². The van der Waals surface area contributed by atoms with E-state index >= 15 is 0 Å². The van der Waals surface area contributed by atoms with Crippen LogP contribution >= 0.6 is 11.6 Å². The van der Waals surface area contributed by atoms with E-state index < -0.39 is 0 Å². The molecule has 0 saturated heterocycles. The molecule has 0 fully saturated rings. The van der Waals surface area contributed by atoms with Gasteiger partial charge in [-0.3, -0.25) is 4.79 Å². The summed E-state index contributed by atoms with van der Waals surface area (Å²) in [4.78, 5) is 11.9. The zero-order chi connectivity index (χ0) is 17.1. The molecule has 0 aromatic heterocycles. The Hall–Kier alpha value is -2.59. The summed E-state index contributed by atoms with van der Waals surface area (Å²) in [5, 5.41) is 16.4. The highest BCUT2D eigenvalue weighted by Crippen LogP contribution is 2.28. The molecule has 0 spiro atoms. The maximum atomic E-state index is 11.9. The van der Waals surface area contributed by atoms with E-state index in [9.17, 15) is 9.90 Å². The molecule has 0 unspecified atom stereocenters. The number of rotatable bonds is 3.